The highest BCUT2D eigenvalue weighted by atomic mass is 32.2. The van der Waals surface area contributed by atoms with Gasteiger partial charge in [0.05, 0.1) is 5.56 Å². The van der Waals surface area contributed by atoms with E-state index >= 15 is 0 Å². The summed E-state index contributed by atoms with van der Waals surface area (Å²) < 4.78 is 0. The molecule has 0 aliphatic rings. The van der Waals surface area contributed by atoms with E-state index in [9.17, 15) is 4.79 Å². The van der Waals surface area contributed by atoms with Crippen LogP contribution in [0.2, 0.25) is 0 Å². The molecule has 4 nitrogen and oxygen atoms in total. The van der Waals surface area contributed by atoms with Crippen molar-refractivity contribution in [2.24, 2.45) is 0 Å². The molecule has 0 radical (unpaired) electrons. The minimum atomic E-state index is -0.141. The smallest absolute Gasteiger partial charge is 0.258 e. The monoisotopic (exact) mass is 397 g/mol. The van der Waals surface area contributed by atoms with Gasteiger partial charge in [0.1, 0.15) is 5.01 Å². The average molecular weight is 398 g/mol. The Morgan fingerprint density at radius 1 is 1.04 bits per heavy atom. The van der Waals surface area contributed by atoms with E-state index in [1.807, 2.05) is 42.5 Å². The fourth-order valence-corrected chi connectivity index (χ4v) is 4.54. The Kier molecular flexibility index (Phi) is 6.63. The molecular weight excluding hydrogens is 374 g/mol. The molecule has 0 saturated carbocycles. The average Bonchev–Trinajstić information content (AvgIpc) is 3.09. The van der Waals surface area contributed by atoms with E-state index in [2.05, 4.69) is 48.4 Å². The molecule has 0 bridgehead atoms. The van der Waals surface area contributed by atoms with Crippen LogP contribution in [0.3, 0.4) is 0 Å². The second-order valence-corrected chi connectivity index (χ2v) is 9.31. The van der Waals surface area contributed by atoms with Crippen LogP contribution in [-0.4, -0.2) is 21.4 Å². The number of hydrogen-bond acceptors (Lipinski definition) is 5. The maximum absolute atomic E-state index is 12.7. The number of benzene rings is 2. The predicted molar refractivity (Wildman–Crippen MR) is 114 cm³/mol. The van der Waals surface area contributed by atoms with Crippen LogP contribution >= 0.6 is 23.1 Å². The maximum Gasteiger partial charge on any atom is 0.258 e. The van der Waals surface area contributed by atoms with Crippen molar-refractivity contribution in [3.8, 4) is 0 Å². The lowest BCUT2D eigenvalue weighted by atomic mass is 9.98. The number of hydrogen-bond donors (Lipinski definition) is 1. The van der Waals surface area contributed by atoms with Gasteiger partial charge in [-0.2, -0.15) is 0 Å². The quantitative estimate of drug-likeness (QED) is 0.524. The number of rotatable bonds is 7. The zero-order chi connectivity index (χ0) is 19.2. The van der Waals surface area contributed by atoms with E-state index in [4.69, 9.17) is 0 Å². The Labute approximate surface area is 168 Å². The van der Waals surface area contributed by atoms with Crippen LogP contribution in [0.4, 0.5) is 5.13 Å². The minimum Gasteiger partial charge on any atom is -0.296 e. The first-order valence-electron chi connectivity index (χ1n) is 8.97. The van der Waals surface area contributed by atoms with Gasteiger partial charge < -0.3 is 0 Å². The third-order valence-electron chi connectivity index (χ3n) is 4.03. The summed E-state index contributed by atoms with van der Waals surface area (Å²) in [5, 5.41) is 13.2. The highest BCUT2D eigenvalue weighted by molar-refractivity contribution is 8.00. The van der Waals surface area contributed by atoms with E-state index in [0.717, 1.165) is 16.3 Å². The molecule has 0 aliphatic carbocycles. The summed E-state index contributed by atoms with van der Waals surface area (Å²) in [5.41, 5.74) is 1.95. The molecule has 140 valence electrons. The van der Waals surface area contributed by atoms with Crippen molar-refractivity contribution in [2.75, 3.05) is 5.32 Å². The largest absolute Gasteiger partial charge is 0.296 e. The van der Waals surface area contributed by atoms with E-state index in [1.165, 1.54) is 16.9 Å². The van der Waals surface area contributed by atoms with E-state index in [1.54, 1.807) is 11.8 Å². The lowest BCUT2D eigenvalue weighted by Gasteiger charge is -2.10. The van der Waals surface area contributed by atoms with Gasteiger partial charge in [-0.15, -0.1) is 22.0 Å². The topological polar surface area (TPSA) is 54.9 Å². The van der Waals surface area contributed by atoms with Crippen LogP contribution < -0.4 is 5.32 Å². The van der Waals surface area contributed by atoms with Crippen molar-refractivity contribution in [1.82, 2.24) is 10.2 Å². The van der Waals surface area contributed by atoms with Gasteiger partial charge in [-0.25, -0.2) is 0 Å². The SMILES string of the molecule is CC(C)Sc1ccccc1C(=O)Nc1nnc(CC(C)c2ccccc2)s1. The van der Waals surface area contributed by atoms with Gasteiger partial charge in [-0.3, -0.25) is 10.1 Å². The molecule has 1 amide bonds. The number of aromatic nitrogens is 2. The first-order chi connectivity index (χ1) is 13.0. The second kappa shape index (κ2) is 9.15. The number of nitrogens with zero attached hydrogens (tertiary/aromatic N) is 2. The van der Waals surface area contributed by atoms with Crippen molar-refractivity contribution in [2.45, 2.75) is 43.3 Å². The third kappa shape index (κ3) is 5.40. The summed E-state index contributed by atoms with van der Waals surface area (Å²) >= 11 is 3.12. The first kappa shape index (κ1) is 19.6. The number of carbonyl (C=O) groups is 1. The Morgan fingerprint density at radius 3 is 2.48 bits per heavy atom. The lowest BCUT2D eigenvalue weighted by Crippen LogP contribution is -2.13. The van der Waals surface area contributed by atoms with Crippen LogP contribution in [-0.2, 0) is 6.42 Å². The van der Waals surface area contributed by atoms with E-state index in [0.29, 0.717) is 21.9 Å². The zero-order valence-electron chi connectivity index (χ0n) is 15.7. The number of anilines is 1. The predicted octanol–water partition coefficient (Wildman–Crippen LogP) is 5.64. The Hall–Kier alpha value is -2.18. The number of amides is 1. The Balaban J connectivity index is 1.66. The molecular formula is C21H23N3OS2. The summed E-state index contributed by atoms with van der Waals surface area (Å²) in [6.07, 6.45) is 0.803. The number of thioether (sulfide) groups is 1. The van der Waals surface area contributed by atoms with Crippen LogP contribution in [0.15, 0.2) is 59.5 Å². The normalized spacial score (nSPS) is 12.1. The summed E-state index contributed by atoms with van der Waals surface area (Å²) in [6, 6.07) is 18.0. The van der Waals surface area contributed by atoms with Crippen LogP contribution in [0.25, 0.3) is 0 Å². The lowest BCUT2D eigenvalue weighted by molar-refractivity contribution is 0.102. The molecule has 27 heavy (non-hydrogen) atoms. The molecule has 1 unspecified atom stereocenters. The maximum atomic E-state index is 12.7. The molecule has 1 atom stereocenters. The minimum absolute atomic E-state index is 0.141. The highest BCUT2D eigenvalue weighted by Gasteiger charge is 2.16. The van der Waals surface area contributed by atoms with Gasteiger partial charge in [0.15, 0.2) is 0 Å². The van der Waals surface area contributed by atoms with Crippen LogP contribution in [0.1, 0.15) is 47.6 Å². The fourth-order valence-electron chi connectivity index (χ4n) is 2.72. The molecule has 3 aromatic rings. The molecule has 3 rings (SSSR count). The van der Waals surface area contributed by atoms with Gasteiger partial charge in [0, 0.05) is 16.6 Å². The number of nitrogens with one attached hydrogen (secondary N) is 1. The van der Waals surface area contributed by atoms with Gasteiger partial charge in [0.25, 0.3) is 5.91 Å². The summed E-state index contributed by atoms with van der Waals surface area (Å²) in [7, 11) is 0. The molecule has 6 heteroatoms. The fraction of sp³-hybridized carbons (Fsp3) is 0.286. The molecule has 1 aromatic heterocycles. The zero-order valence-corrected chi connectivity index (χ0v) is 17.3. The summed E-state index contributed by atoms with van der Waals surface area (Å²) in [6.45, 7) is 6.41. The molecule has 2 aromatic carbocycles. The van der Waals surface area contributed by atoms with Crippen LogP contribution in [0.5, 0.6) is 0 Å². The van der Waals surface area contributed by atoms with E-state index in [-0.39, 0.29) is 5.91 Å². The Bertz CT molecular complexity index is 893. The van der Waals surface area contributed by atoms with Crippen molar-refractivity contribution in [3.05, 3.63) is 70.7 Å². The Morgan fingerprint density at radius 2 is 1.74 bits per heavy atom. The molecule has 0 aliphatic heterocycles. The van der Waals surface area contributed by atoms with Crippen molar-refractivity contribution < 1.29 is 4.79 Å². The standard InChI is InChI=1S/C21H23N3OS2/c1-14(2)26-18-12-8-7-11-17(18)20(25)22-21-24-23-19(27-21)13-15(3)16-9-5-4-6-10-16/h4-12,14-15H,13H2,1-3H3,(H,22,24,25). The molecule has 0 spiro atoms. The van der Waals surface area contributed by atoms with Gasteiger partial charge in [0.2, 0.25) is 5.13 Å². The third-order valence-corrected chi connectivity index (χ3v) is 5.97. The van der Waals surface area contributed by atoms with Crippen molar-refractivity contribution >= 4 is 34.1 Å². The number of carbonyl (C=O) groups excluding carboxylic acids is 1. The van der Waals surface area contributed by atoms with Crippen molar-refractivity contribution in [1.29, 1.82) is 0 Å². The van der Waals surface area contributed by atoms with Crippen LogP contribution in [0, 0.1) is 0 Å². The first-order valence-corrected chi connectivity index (χ1v) is 10.7. The van der Waals surface area contributed by atoms with Gasteiger partial charge in [-0.1, -0.05) is 74.6 Å². The molecule has 0 saturated heterocycles. The summed E-state index contributed by atoms with van der Waals surface area (Å²) in [4.78, 5) is 13.7. The van der Waals surface area contributed by atoms with E-state index < -0.39 is 0 Å². The molecule has 1 N–H and O–H groups in total. The van der Waals surface area contributed by atoms with Gasteiger partial charge >= 0.3 is 0 Å². The second-order valence-electron chi connectivity index (χ2n) is 6.63. The molecule has 1 heterocycles. The summed E-state index contributed by atoms with van der Waals surface area (Å²) in [5.74, 6) is 0.212. The molecule has 0 fully saturated rings. The highest BCUT2D eigenvalue weighted by Crippen LogP contribution is 2.28. The van der Waals surface area contributed by atoms with Crippen molar-refractivity contribution in [3.63, 3.8) is 0 Å². The van der Waals surface area contributed by atoms with Gasteiger partial charge in [-0.05, 0) is 23.6 Å².